The first-order chi connectivity index (χ1) is 6.22. The monoisotopic (exact) mass is 180 g/mol. The van der Waals surface area contributed by atoms with Crippen molar-refractivity contribution in [3.63, 3.8) is 0 Å². The second-order valence-corrected chi connectivity index (χ2v) is 4.11. The Bertz CT molecular complexity index is 209. The predicted octanol–water partition coefficient (Wildman–Crippen LogP) is 3.67. The van der Waals surface area contributed by atoms with E-state index < -0.39 is 0 Å². The molecule has 0 aromatic heterocycles. The van der Waals surface area contributed by atoms with Gasteiger partial charge in [0.15, 0.2) is 0 Å². The summed E-state index contributed by atoms with van der Waals surface area (Å²) < 4.78 is 5.05. The number of rotatable bonds is 2. The lowest BCUT2D eigenvalue weighted by Gasteiger charge is -2.21. The van der Waals surface area contributed by atoms with Crippen LogP contribution in [0.15, 0.2) is 23.5 Å². The Balaban J connectivity index is 2.51. The van der Waals surface area contributed by atoms with Crippen molar-refractivity contribution in [2.75, 3.05) is 7.11 Å². The standard InChI is InChI=1S/C12H20O/c1-10(2)7-11-5-4-6-12(8-11)9-13-3/h7,9,11H,4-6,8H2,1-3H3/b12-9-. The van der Waals surface area contributed by atoms with E-state index in [1.807, 2.05) is 6.26 Å². The maximum atomic E-state index is 5.05. The average molecular weight is 180 g/mol. The molecular formula is C12H20O. The van der Waals surface area contributed by atoms with Crippen LogP contribution in [0.2, 0.25) is 0 Å². The fourth-order valence-electron chi connectivity index (χ4n) is 2.02. The maximum Gasteiger partial charge on any atom is 0.0816 e. The van der Waals surface area contributed by atoms with E-state index in [0.29, 0.717) is 0 Å². The normalized spacial score (nSPS) is 25.8. The highest BCUT2D eigenvalue weighted by Gasteiger charge is 2.14. The molecule has 0 bridgehead atoms. The largest absolute Gasteiger partial charge is 0.504 e. The van der Waals surface area contributed by atoms with Crippen LogP contribution in [0.1, 0.15) is 39.5 Å². The van der Waals surface area contributed by atoms with Crippen molar-refractivity contribution >= 4 is 0 Å². The molecule has 1 fully saturated rings. The van der Waals surface area contributed by atoms with Gasteiger partial charge in [0.05, 0.1) is 13.4 Å². The van der Waals surface area contributed by atoms with Gasteiger partial charge >= 0.3 is 0 Å². The average Bonchev–Trinajstić information content (AvgIpc) is 2.04. The highest BCUT2D eigenvalue weighted by Crippen LogP contribution is 2.29. The molecule has 0 N–H and O–H groups in total. The van der Waals surface area contributed by atoms with Gasteiger partial charge in [0, 0.05) is 0 Å². The molecule has 0 saturated heterocycles. The second-order valence-electron chi connectivity index (χ2n) is 4.11. The zero-order chi connectivity index (χ0) is 9.68. The first kappa shape index (κ1) is 10.4. The van der Waals surface area contributed by atoms with E-state index in [9.17, 15) is 0 Å². The van der Waals surface area contributed by atoms with Crippen LogP contribution < -0.4 is 0 Å². The van der Waals surface area contributed by atoms with Gasteiger partial charge in [-0.05, 0) is 51.0 Å². The predicted molar refractivity (Wildman–Crippen MR) is 56.5 cm³/mol. The molecule has 74 valence electrons. The van der Waals surface area contributed by atoms with Crippen LogP contribution in [0.3, 0.4) is 0 Å². The highest BCUT2D eigenvalue weighted by molar-refractivity contribution is 5.08. The van der Waals surface area contributed by atoms with E-state index in [4.69, 9.17) is 4.74 Å². The van der Waals surface area contributed by atoms with Crippen molar-refractivity contribution in [2.45, 2.75) is 39.5 Å². The van der Waals surface area contributed by atoms with E-state index in [1.54, 1.807) is 7.11 Å². The Labute approximate surface area is 81.5 Å². The Morgan fingerprint density at radius 3 is 2.85 bits per heavy atom. The molecule has 1 saturated carbocycles. The Morgan fingerprint density at radius 2 is 2.23 bits per heavy atom. The summed E-state index contributed by atoms with van der Waals surface area (Å²) in [7, 11) is 1.73. The van der Waals surface area contributed by atoms with Gasteiger partial charge in [-0.1, -0.05) is 11.6 Å². The fourth-order valence-corrected chi connectivity index (χ4v) is 2.02. The number of ether oxygens (including phenoxy) is 1. The van der Waals surface area contributed by atoms with Crippen LogP contribution >= 0.6 is 0 Å². The molecule has 13 heavy (non-hydrogen) atoms. The lowest BCUT2D eigenvalue weighted by molar-refractivity contribution is 0.324. The van der Waals surface area contributed by atoms with Crippen molar-refractivity contribution in [1.82, 2.24) is 0 Å². The van der Waals surface area contributed by atoms with E-state index in [0.717, 1.165) is 5.92 Å². The zero-order valence-corrected chi connectivity index (χ0v) is 8.97. The molecule has 0 spiro atoms. The van der Waals surface area contributed by atoms with Crippen LogP contribution in [-0.2, 0) is 4.74 Å². The van der Waals surface area contributed by atoms with E-state index in [-0.39, 0.29) is 0 Å². The Hall–Kier alpha value is -0.720. The summed E-state index contributed by atoms with van der Waals surface area (Å²) in [6, 6.07) is 0. The molecule has 0 aromatic carbocycles. The fraction of sp³-hybridized carbons (Fsp3) is 0.667. The topological polar surface area (TPSA) is 9.23 Å². The van der Waals surface area contributed by atoms with Gasteiger partial charge in [-0.3, -0.25) is 0 Å². The number of methoxy groups -OCH3 is 1. The van der Waals surface area contributed by atoms with Crippen LogP contribution in [0.25, 0.3) is 0 Å². The number of hydrogen-bond donors (Lipinski definition) is 0. The summed E-state index contributed by atoms with van der Waals surface area (Å²) in [6.45, 7) is 4.35. The third-order valence-electron chi connectivity index (χ3n) is 2.45. The third kappa shape index (κ3) is 3.67. The molecule has 0 aromatic rings. The van der Waals surface area contributed by atoms with Crippen LogP contribution in [0.4, 0.5) is 0 Å². The summed E-state index contributed by atoms with van der Waals surface area (Å²) in [4.78, 5) is 0. The molecule has 1 aliphatic rings. The molecule has 0 amide bonds. The van der Waals surface area contributed by atoms with Gasteiger partial charge in [-0.15, -0.1) is 0 Å². The smallest absolute Gasteiger partial charge is 0.0816 e. The maximum absolute atomic E-state index is 5.05. The lowest BCUT2D eigenvalue weighted by atomic mass is 9.85. The molecule has 1 rings (SSSR count). The minimum Gasteiger partial charge on any atom is -0.504 e. The quantitative estimate of drug-likeness (QED) is 0.465. The molecule has 1 atom stereocenters. The molecule has 0 aliphatic heterocycles. The van der Waals surface area contributed by atoms with Gasteiger partial charge in [-0.25, -0.2) is 0 Å². The molecule has 0 radical (unpaired) electrons. The molecule has 0 heterocycles. The summed E-state index contributed by atoms with van der Waals surface area (Å²) in [5.41, 5.74) is 2.90. The van der Waals surface area contributed by atoms with Gasteiger partial charge in [0.1, 0.15) is 0 Å². The minimum atomic E-state index is 0.750. The van der Waals surface area contributed by atoms with Crippen molar-refractivity contribution in [1.29, 1.82) is 0 Å². The van der Waals surface area contributed by atoms with Gasteiger partial charge in [0.25, 0.3) is 0 Å². The highest BCUT2D eigenvalue weighted by atomic mass is 16.5. The van der Waals surface area contributed by atoms with Crippen molar-refractivity contribution in [2.24, 2.45) is 5.92 Å². The van der Waals surface area contributed by atoms with Gasteiger partial charge in [0.2, 0.25) is 0 Å². The molecule has 1 unspecified atom stereocenters. The van der Waals surface area contributed by atoms with Crippen LogP contribution in [-0.4, -0.2) is 7.11 Å². The molecule has 1 aliphatic carbocycles. The summed E-state index contributed by atoms with van der Waals surface area (Å²) in [5, 5.41) is 0. The first-order valence-electron chi connectivity index (χ1n) is 5.08. The number of allylic oxidation sites excluding steroid dienone is 3. The Kier molecular flexibility index (Phi) is 4.07. The lowest BCUT2D eigenvalue weighted by Crippen LogP contribution is -2.06. The Morgan fingerprint density at radius 1 is 1.46 bits per heavy atom. The summed E-state index contributed by atoms with van der Waals surface area (Å²) in [6.07, 6.45) is 9.38. The van der Waals surface area contributed by atoms with Gasteiger partial charge in [-0.2, -0.15) is 0 Å². The third-order valence-corrected chi connectivity index (χ3v) is 2.45. The van der Waals surface area contributed by atoms with Crippen molar-refractivity contribution in [3.8, 4) is 0 Å². The summed E-state index contributed by atoms with van der Waals surface area (Å²) >= 11 is 0. The van der Waals surface area contributed by atoms with Crippen LogP contribution in [0.5, 0.6) is 0 Å². The SMILES string of the molecule is CO/C=C1/CCCC(C=C(C)C)C1. The van der Waals surface area contributed by atoms with E-state index in [2.05, 4.69) is 19.9 Å². The molecule has 1 heteroatoms. The zero-order valence-electron chi connectivity index (χ0n) is 8.97. The molecule has 1 nitrogen and oxygen atoms in total. The second kappa shape index (κ2) is 5.11. The van der Waals surface area contributed by atoms with E-state index in [1.165, 1.54) is 36.8 Å². The first-order valence-corrected chi connectivity index (χ1v) is 5.08. The molecular weight excluding hydrogens is 160 g/mol. The number of hydrogen-bond acceptors (Lipinski definition) is 1. The van der Waals surface area contributed by atoms with Crippen molar-refractivity contribution < 1.29 is 4.74 Å². The summed E-state index contributed by atoms with van der Waals surface area (Å²) in [5.74, 6) is 0.750. The minimum absolute atomic E-state index is 0.750. The van der Waals surface area contributed by atoms with Crippen molar-refractivity contribution in [3.05, 3.63) is 23.5 Å². The van der Waals surface area contributed by atoms with Gasteiger partial charge < -0.3 is 4.74 Å². The van der Waals surface area contributed by atoms with E-state index >= 15 is 0 Å². The van der Waals surface area contributed by atoms with Crippen LogP contribution in [0, 0.1) is 5.92 Å².